The summed E-state index contributed by atoms with van der Waals surface area (Å²) in [6, 6.07) is 50.5. The predicted molar refractivity (Wildman–Crippen MR) is 221 cm³/mol. The first kappa shape index (κ1) is 37.7. The summed E-state index contributed by atoms with van der Waals surface area (Å²) in [5.74, 6) is 0. The summed E-state index contributed by atoms with van der Waals surface area (Å²) in [5, 5.41) is 2.29. The van der Waals surface area contributed by atoms with Gasteiger partial charge in [-0.25, -0.2) is 0 Å². The molecule has 0 fully saturated rings. The first-order valence-corrected chi connectivity index (χ1v) is 18.8. The zero-order valence-corrected chi connectivity index (χ0v) is 35.1. The zero-order chi connectivity index (χ0) is 37.3. The minimum absolute atomic E-state index is 0. The topological polar surface area (TPSA) is 25.8 Å². The Labute approximate surface area is 336 Å². The van der Waals surface area contributed by atoms with Crippen molar-refractivity contribution in [1.29, 1.82) is 0 Å². The third kappa shape index (κ3) is 6.37. The number of aromatic nitrogens is 2. The molecule has 7 aromatic rings. The van der Waals surface area contributed by atoms with Crippen molar-refractivity contribution >= 4 is 10.8 Å². The van der Waals surface area contributed by atoms with Gasteiger partial charge in [0.2, 0.25) is 0 Å². The number of pyridine rings is 2. The summed E-state index contributed by atoms with van der Waals surface area (Å²) < 4.78 is 0. The Kier molecular flexibility index (Phi) is 9.47. The van der Waals surface area contributed by atoms with Crippen molar-refractivity contribution in [2.45, 2.75) is 84.0 Å². The molecule has 0 saturated heterocycles. The molecule has 2 nitrogen and oxygen atoms in total. The predicted octanol–water partition coefficient (Wildman–Crippen LogP) is 12.8. The van der Waals surface area contributed by atoms with E-state index in [1.807, 2.05) is 12.4 Å². The molecular formula is C51H48N2Pt. The molecule has 0 atom stereocenters. The molecule has 0 radical (unpaired) electrons. The van der Waals surface area contributed by atoms with Gasteiger partial charge in [-0.05, 0) is 78.4 Å². The largest absolute Gasteiger partial charge is 2.00 e. The smallest absolute Gasteiger partial charge is 0.305 e. The molecule has 0 amide bonds. The van der Waals surface area contributed by atoms with E-state index < -0.39 is 5.41 Å². The molecule has 2 aromatic heterocycles. The Bertz CT molecular complexity index is 2470. The Morgan fingerprint density at radius 2 is 0.981 bits per heavy atom. The van der Waals surface area contributed by atoms with Gasteiger partial charge in [-0.15, -0.1) is 69.8 Å². The number of nitrogens with zero attached hydrogens (tertiary/aromatic N) is 2. The van der Waals surface area contributed by atoms with Crippen LogP contribution >= 0.6 is 0 Å². The molecule has 2 heterocycles. The quantitative estimate of drug-likeness (QED) is 0.165. The number of rotatable bonds is 4. The molecule has 0 aliphatic heterocycles. The van der Waals surface area contributed by atoms with Crippen LogP contribution in [0, 0.1) is 12.1 Å². The van der Waals surface area contributed by atoms with Gasteiger partial charge in [-0.1, -0.05) is 141 Å². The summed E-state index contributed by atoms with van der Waals surface area (Å²) >= 11 is 0. The standard InChI is InChI=1S/C51H48N2.Pt/c1-48(2,3)36-23-25-52-46(32-36)34-26-37(49(4,5)6)30-39(27-34)51(44-20-14-12-18-42(44)43-19-13-15-21-45(43)51)40-29-35(28-38(31-40)50(7,8)9)47-41-17-11-10-16-33(41)22-24-53-47;/h10-26,28,30-32H,1-9H3;/q-2;+2. The van der Waals surface area contributed by atoms with Gasteiger partial charge in [-0.2, -0.15) is 0 Å². The van der Waals surface area contributed by atoms with Crippen molar-refractivity contribution in [3.8, 4) is 33.6 Å². The van der Waals surface area contributed by atoms with Crippen molar-refractivity contribution in [3.63, 3.8) is 0 Å². The second kappa shape index (κ2) is 13.6. The Balaban J connectivity index is 0.00000450. The monoisotopic (exact) mass is 883 g/mol. The van der Waals surface area contributed by atoms with Gasteiger partial charge in [-0.3, -0.25) is 0 Å². The van der Waals surface area contributed by atoms with Gasteiger partial charge in [0.15, 0.2) is 0 Å². The molecule has 3 heteroatoms. The second-order valence-electron chi connectivity index (χ2n) is 17.8. The van der Waals surface area contributed by atoms with Crippen LogP contribution in [0.1, 0.15) is 101 Å². The first-order chi connectivity index (χ1) is 25.2. The van der Waals surface area contributed by atoms with Crippen LogP contribution in [-0.2, 0) is 42.7 Å². The van der Waals surface area contributed by atoms with E-state index in [0.717, 1.165) is 39.0 Å². The van der Waals surface area contributed by atoms with Gasteiger partial charge in [0.25, 0.3) is 0 Å². The van der Waals surface area contributed by atoms with Crippen molar-refractivity contribution in [1.82, 2.24) is 9.97 Å². The molecular weight excluding hydrogens is 836 g/mol. The van der Waals surface area contributed by atoms with Crippen molar-refractivity contribution in [2.24, 2.45) is 0 Å². The summed E-state index contributed by atoms with van der Waals surface area (Å²) in [6.07, 6.45) is 3.88. The molecule has 0 unspecified atom stereocenters. The zero-order valence-electron chi connectivity index (χ0n) is 32.8. The number of hydrogen-bond acceptors (Lipinski definition) is 2. The molecule has 272 valence electrons. The Morgan fingerprint density at radius 3 is 1.57 bits per heavy atom. The SMILES string of the molecule is CC(C)(C)c1cc(-c2cc(C(C)(C)C)ccn2)[c-]c(C2(c3[c-]c(-c4nccc5ccccc45)cc(C(C)(C)C)c3)c3ccccc3-c3ccccc32)c1.[Pt+2]. The van der Waals surface area contributed by atoms with Crippen LogP contribution < -0.4 is 0 Å². The summed E-state index contributed by atoms with van der Waals surface area (Å²) in [4.78, 5) is 10.0. The van der Waals surface area contributed by atoms with Gasteiger partial charge < -0.3 is 9.97 Å². The van der Waals surface area contributed by atoms with Crippen molar-refractivity contribution < 1.29 is 21.1 Å². The van der Waals surface area contributed by atoms with Crippen LogP contribution in [0.5, 0.6) is 0 Å². The van der Waals surface area contributed by atoms with E-state index in [1.54, 1.807) is 0 Å². The maximum atomic E-state index is 5.03. The van der Waals surface area contributed by atoms with Crippen LogP contribution in [0.2, 0.25) is 0 Å². The van der Waals surface area contributed by atoms with Crippen LogP contribution in [-0.4, -0.2) is 9.97 Å². The number of hydrogen-bond donors (Lipinski definition) is 0. The summed E-state index contributed by atoms with van der Waals surface area (Å²) in [6.45, 7) is 20.6. The fourth-order valence-corrected chi connectivity index (χ4v) is 8.01. The van der Waals surface area contributed by atoms with Crippen molar-refractivity contribution in [2.75, 3.05) is 0 Å². The Hall–Kier alpha value is -4.65. The van der Waals surface area contributed by atoms with E-state index in [2.05, 4.69) is 190 Å². The van der Waals surface area contributed by atoms with Gasteiger partial charge >= 0.3 is 21.1 Å². The molecule has 54 heavy (non-hydrogen) atoms. The number of benzene rings is 5. The van der Waals surface area contributed by atoms with Gasteiger partial charge in [0, 0.05) is 17.8 Å². The molecule has 0 bridgehead atoms. The minimum Gasteiger partial charge on any atom is -0.305 e. The molecule has 0 spiro atoms. The maximum absolute atomic E-state index is 5.03. The minimum atomic E-state index is -0.717. The van der Waals surface area contributed by atoms with Crippen molar-refractivity contribution in [3.05, 3.63) is 179 Å². The fraction of sp³-hybridized carbons (Fsp3) is 0.255. The third-order valence-electron chi connectivity index (χ3n) is 11.1. The van der Waals surface area contributed by atoms with E-state index in [-0.39, 0.29) is 37.3 Å². The van der Waals surface area contributed by atoms with Gasteiger partial charge in [0.05, 0.1) is 0 Å². The maximum Gasteiger partial charge on any atom is 2.00 e. The molecule has 0 saturated carbocycles. The normalized spacial score (nSPS) is 13.6. The fourth-order valence-electron chi connectivity index (χ4n) is 8.01. The Morgan fingerprint density at radius 1 is 0.481 bits per heavy atom. The van der Waals surface area contributed by atoms with Crippen LogP contribution in [0.3, 0.4) is 0 Å². The van der Waals surface area contributed by atoms with E-state index in [9.17, 15) is 0 Å². The number of fused-ring (bicyclic) bond motifs is 4. The molecule has 1 aliphatic carbocycles. The first-order valence-electron chi connectivity index (χ1n) is 18.8. The third-order valence-corrected chi connectivity index (χ3v) is 11.1. The molecule has 8 rings (SSSR count). The van der Waals surface area contributed by atoms with E-state index >= 15 is 0 Å². The summed E-state index contributed by atoms with van der Waals surface area (Å²) in [7, 11) is 0. The van der Waals surface area contributed by atoms with Crippen LogP contribution in [0.4, 0.5) is 0 Å². The van der Waals surface area contributed by atoms with E-state index in [1.165, 1.54) is 44.3 Å². The summed E-state index contributed by atoms with van der Waals surface area (Å²) in [5.41, 5.74) is 13.8. The van der Waals surface area contributed by atoms with Crippen LogP contribution in [0.25, 0.3) is 44.4 Å². The van der Waals surface area contributed by atoms with E-state index in [0.29, 0.717) is 0 Å². The molecule has 0 N–H and O–H groups in total. The average molecular weight is 884 g/mol. The second-order valence-corrected chi connectivity index (χ2v) is 17.8. The molecule has 1 aliphatic rings. The van der Waals surface area contributed by atoms with Gasteiger partial charge in [0.1, 0.15) is 0 Å². The van der Waals surface area contributed by atoms with E-state index in [4.69, 9.17) is 9.97 Å². The van der Waals surface area contributed by atoms with Crippen LogP contribution in [0.15, 0.2) is 128 Å². The average Bonchev–Trinajstić information content (AvgIpc) is 3.44. The molecule has 5 aromatic carbocycles.